The molecule has 3 aromatic rings. The number of rotatable bonds is 7. The van der Waals surface area contributed by atoms with Crippen molar-refractivity contribution in [1.82, 2.24) is 0 Å². The summed E-state index contributed by atoms with van der Waals surface area (Å²) in [5.41, 5.74) is 1.40. The topological polar surface area (TPSA) is 38.3 Å². The molecule has 0 bridgehead atoms. The molecule has 5 heteroatoms. The Morgan fingerprint density at radius 1 is 0.885 bits per heavy atom. The standard InChI is InChI=1S/C21H17ClFNO2/c22-16-3-9-19(10-4-16)26-20-11-7-18(8-12-20)24-14-13-21(25)15-1-5-17(23)6-2-15/h1-12,24H,13-14H2. The number of anilines is 1. The monoisotopic (exact) mass is 369 g/mol. The van der Waals surface area contributed by atoms with Gasteiger partial charge in [0.05, 0.1) is 0 Å². The molecule has 0 aliphatic rings. The minimum atomic E-state index is -0.347. The Balaban J connectivity index is 1.49. The van der Waals surface area contributed by atoms with Crippen LogP contribution in [0.5, 0.6) is 11.5 Å². The average molecular weight is 370 g/mol. The normalized spacial score (nSPS) is 10.4. The number of Topliss-reactive ketones (excluding diaryl/α,β-unsaturated/α-hetero) is 1. The van der Waals surface area contributed by atoms with Crippen molar-refractivity contribution < 1.29 is 13.9 Å². The highest BCUT2D eigenvalue weighted by molar-refractivity contribution is 6.30. The van der Waals surface area contributed by atoms with Crippen LogP contribution in [-0.4, -0.2) is 12.3 Å². The van der Waals surface area contributed by atoms with E-state index in [4.69, 9.17) is 16.3 Å². The minimum absolute atomic E-state index is 0.0276. The first-order valence-electron chi connectivity index (χ1n) is 8.16. The Bertz CT molecular complexity index is 862. The molecule has 26 heavy (non-hydrogen) atoms. The maximum Gasteiger partial charge on any atom is 0.164 e. The molecule has 0 aliphatic carbocycles. The van der Waals surface area contributed by atoms with Crippen molar-refractivity contribution in [3.05, 3.63) is 89.2 Å². The van der Waals surface area contributed by atoms with Crippen molar-refractivity contribution in [3.8, 4) is 11.5 Å². The predicted molar refractivity (Wildman–Crippen MR) is 102 cm³/mol. The van der Waals surface area contributed by atoms with Crippen LogP contribution in [0.1, 0.15) is 16.8 Å². The summed E-state index contributed by atoms with van der Waals surface area (Å²) in [4.78, 5) is 12.0. The van der Waals surface area contributed by atoms with E-state index in [1.807, 2.05) is 24.3 Å². The quantitative estimate of drug-likeness (QED) is 0.522. The van der Waals surface area contributed by atoms with Crippen molar-refractivity contribution in [2.24, 2.45) is 0 Å². The highest BCUT2D eigenvalue weighted by Crippen LogP contribution is 2.24. The second kappa shape index (κ2) is 8.50. The van der Waals surface area contributed by atoms with Crippen LogP contribution in [0.3, 0.4) is 0 Å². The van der Waals surface area contributed by atoms with E-state index >= 15 is 0 Å². The molecule has 0 aromatic heterocycles. The molecular weight excluding hydrogens is 353 g/mol. The molecule has 3 nitrogen and oxygen atoms in total. The Hall–Kier alpha value is -2.85. The van der Waals surface area contributed by atoms with Crippen molar-refractivity contribution in [1.29, 1.82) is 0 Å². The molecule has 3 rings (SSSR count). The highest BCUT2D eigenvalue weighted by atomic mass is 35.5. The Kier molecular flexibility index (Phi) is 5.87. The second-order valence-corrected chi connectivity index (χ2v) is 6.12. The fourth-order valence-electron chi connectivity index (χ4n) is 2.38. The molecule has 0 fully saturated rings. The van der Waals surface area contributed by atoms with Gasteiger partial charge in [-0.05, 0) is 72.8 Å². The lowest BCUT2D eigenvalue weighted by atomic mass is 10.1. The van der Waals surface area contributed by atoms with E-state index in [9.17, 15) is 9.18 Å². The molecular formula is C21H17ClFNO2. The third kappa shape index (κ3) is 5.07. The van der Waals surface area contributed by atoms with Gasteiger partial charge in [-0.1, -0.05) is 11.6 Å². The molecule has 0 heterocycles. The summed E-state index contributed by atoms with van der Waals surface area (Å²) in [5.74, 6) is 1.04. The third-order valence-electron chi connectivity index (χ3n) is 3.75. The van der Waals surface area contributed by atoms with Gasteiger partial charge in [0.15, 0.2) is 5.78 Å². The van der Waals surface area contributed by atoms with Gasteiger partial charge in [-0.3, -0.25) is 4.79 Å². The summed E-state index contributed by atoms with van der Waals surface area (Å²) < 4.78 is 18.6. The summed E-state index contributed by atoms with van der Waals surface area (Å²) in [6.07, 6.45) is 0.328. The SMILES string of the molecule is O=C(CCNc1ccc(Oc2ccc(Cl)cc2)cc1)c1ccc(F)cc1. The first-order chi connectivity index (χ1) is 12.6. The number of hydrogen-bond donors (Lipinski definition) is 1. The molecule has 1 N–H and O–H groups in total. The van der Waals surface area contributed by atoms with Gasteiger partial charge < -0.3 is 10.1 Å². The second-order valence-electron chi connectivity index (χ2n) is 5.69. The number of benzene rings is 3. The number of halogens is 2. The molecule has 0 saturated carbocycles. The number of hydrogen-bond acceptors (Lipinski definition) is 3. The average Bonchev–Trinajstić information content (AvgIpc) is 2.65. The molecule has 132 valence electrons. The molecule has 3 aromatic carbocycles. The van der Waals surface area contributed by atoms with Crippen molar-refractivity contribution in [2.45, 2.75) is 6.42 Å². The van der Waals surface area contributed by atoms with Gasteiger partial charge >= 0.3 is 0 Å². The van der Waals surface area contributed by atoms with Crippen LogP contribution in [-0.2, 0) is 0 Å². The predicted octanol–water partition coefficient (Wildman–Crippen LogP) is 5.96. The van der Waals surface area contributed by atoms with Crippen molar-refractivity contribution >= 4 is 23.1 Å². The number of ketones is 1. The fourth-order valence-corrected chi connectivity index (χ4v) is 2.51. The van der Waals surface area contributed by atoms with E-state index in [1.165, 1.54) is 24.3 Å². The number of ether oxygens (including phenoxy) is 1. The number of carbonyl (C=O) groups excluding carboxylic acids is 1. The molecule has 0 unspecified atom stereocenters. The van der Waals surface area contributed by atoms with Crippen LogP contribution in [0.2, 0.25) is 5.02 Å². The van der Waals surface area contributed by atoms with Crippen molar-refractivity contribution in [3.63, 3.8) is 0 Å². The van der Waals surface area contributed by atoms with E-state index in [0.29, 0.717) is 35.1 Å². The summed E-state index contributed by atoms with van der Waals surface area (Å²) in [6, 6.07) is 20.2. The van der Waals surface area contributed by atoms with Crippen LogP contribution >= 0.6 is 11.6 Å². The Morgan fingerprint density at radius 3 is 2.08 bits per heavy atom. The Morgan fingerprint density at radius 2 is 1.46 bits per heavy atom. The first-order valence-corrected chi connectivity index (χ1v) is 8.54. The van der Waals surface area contributed by atoms with Gasteiger partial charge in [0.2, 0.25) is 0 Å². The zero-order valence-electron chi connectivity index (χ0n) is 13.9. The molecule has 0 radical (unpaired) electrons. The zero-order valence-corrected chi connectivity index (χ0v) is 14.7. The smallest absolute Gasteiger partial charge is 0.164 e. The first kappa shape index (κ1) is 18.0. The van der Waals surface area contributed by atoms with Gasteiger partial charge in [0.25, 0.3) is 0 Å². The molecule has 0 aliphatic heterocycles. The molecule has 0 amide bonds. The van der Waals surface area contributed by atoms with Gasteiger partial charge in [-0.15, -0.1) is 0 Å². The van der Waals surface area contributed by atoms with Gasteiger partial charge in [0, 0.05) is 29.2 Å². The lowest BCUT2D eigenvalue weighted by Crippen LogP contribution is -2.08. The summed E-state index contributed by atoms with van der Waals surface area (Å²) in [7, 11) is 0. The maximum absolute atomic E-state index is 12.9. The summed E-state index contributed by atoms with van der Waals surface area (Å²) >= 11 is 5.85. The van der Waals surface area contributed by atoms with E-state index in [2.05, 4.69) is 5.32 Å². The highest BCUT2D eigenvalue weighted by Gasteiger charge is 2.05. The minimum Gasteiger partial charge on any atom is -0.457 e. The van der Waals surface area contributed by atoms with Gasteiger partial charge in [-0.2, -0.15) is 0 Å². The Labute approximate surface area is 156 Å². The van der Waals surface area contributed by atoms with Crippen LogP contribution in [0, 0.1) is 5.82 Å². The molecule has 0 saturated heterocycles. The van der Waals surface area contributed by atoms with E-state index < -0.39 is 0 Å². The largest absolute Gasteiger partial charge is 0.457 e. The summed E-state index contributed by atoms with van der Waals surface area (Å²) in [5, 5.41) is 3.85. The lowest BCUT2D eigenvalue weighted by molar-refractivity contribution is 0.0986. The maximum atomic E-state index is 12.9. The third-order valence-corrected chi connectivity index (χ3v) is 4.00. The fraction of sp³-hybridized carbons (Fsp3) is 0.0952. The van der Waals surface area contributed by atoms with Crippen molar-refractivity contribution in [2.75, 3.05) is 11.9 Å². The number of carbonyl (C=O) groups is 1. The molecule has 0 atom stereocenters. The van der Waals surface area contributed by atoms with E-state index in [0.717, 1.165) is 5.69 Å². The van der Waals surface area contributed by atoms with E-state index in [1.54, 1.807) is 24.3 Å². The zero-order chi connectivity index (χ0) is 18.4. The van der Waals surface area contributed by atoms with Crippen LogP contribution < -0.4 is 10.1 Å². The van der Waals surface area contributed by atoms with Crippen LogP contribution in [0.25, 0.3) is 0 Å². The van der Waals surface area contributed by atoms with Gasteiger partial charge in [-0.25, -0.2) is 4.39 Å². The summed E-state index contributed by atoms with van der Waals surface area (Å²) in [6.45, 7) is 0.494. The van der Waals surface area contributed by atoms with Gasteiger partial charge in [0.1, 0.15) is 17.3 Å². The van der Waals surface area contributed by atoms with Crippen LogP contribution in [0.15, 0.2) is 72.8 Å². The van der Waals surface area contributed by atoms with Crippen LogP contribution in [0.4, 0.5) is 10.1 Å². The van der Waals surface area contributed by atoms with E-state index in [-0.39, 0.29) is 11.6 Å². The molecule has 0 spiro atoms. The lowest BCUT2D eigenvalue weighted by Gasteiger charge is -2.09. The number of nitrogens with one attached hydrogen (secondary N) is 1.